The maximum atomic E-state index is 12.1. The summed E-state index contributed by atoms with van der Waals surface area (Å²) in [5, 5.41) is 4.88. The molecule has 1 fully saturated rings. The Morgan fingerprint density at radius 1 is 1.13 bits per heavy atom. The number of aromatic nitrogens is 4. The zero-order chi connectivity index (χ0) is 21.4. The number of benzene rings is 2. The molecule has 2 aromatic heterocycles. The van der Waals surface area contributed by atoms with Gasteiger partial charge in [0.05, 0.1) is 40.1 Å². The van der Waals surface area contributed by atoms with Crippen molar-refractivity contribution in [3.05, 3.63) is 59.8 Å². The van der Waals surface area contributed by atoms with E-state index in [1.807, 2.05) is 35.9 Å². The van der Waals surface area contributed by atoms with E-state index >= 15 is 0 Å². The first-order chi connectivity index (χ1) is 15.2. The minimum Gasteiger partial charge on any atom is -0.462 e. The Bertz CT molecular complexity index is 1240. The van der Waals surface area contributed by atoms with E-state index in [0.717, 1.165) is 52.7 Å². The molecule has 5 rings (SSSR count). The van der Waals surface area contributed by atoms with Crippen molar-refractivity contribution in [2.24, 2.45) is 0 Å². The number of rotatable bonds is 5. The Hall–Kier alpha value is -3.61. The topological polar surface area (TPSA) is 76.0 Å². The third kappa shape index (κ3) is 3.46. The van der Waals surface area contributed by atoms with Crippen LogP contribution in [0.25, 0.3) is 28.1 Å². The molecule has 31 heavy (non-hydrogen) atoms. The number of esters is 1. The first-order valence-corrected chi connectivity index (χ1v) is 10.7. The maximum Gasteiger partial charge on any atom is 0.338 e. The third-order valence-corrected chi connectivity index (χ3v) is 5.67. The molecule has 4 aromatic rings. The molecule has 1 aliphatic rings. The standard InChI is InChI=1S/C24H25N5O2/c1-3-31-24(30)17-11-12-19-20(15-17)26-22(25-19)21-16(2)27-29(18-9-5-4-6-10-18)23(21)28-13-7-8-14-28/h4-6,9-12,15H,3,7-8,13-14H2,1-2H3,(H,25,26). The van der Waals surface area contributed by atoms with Crippen molar-refractivity contribution in [1.29, 1.82) is 0 Å². The summed E-state index contributed by atoms with van der Waals surface area (Å²) in [4.78, 5) is 22.8. The van der Waals surface area contributed by atoms with Gasteiger partial charge in [0, 0.05) is 13.1 Å². The lowest BCUT2D eigenvalue weighted by Gasteiger charge is -2.20. The number of imidazole rings is 1. The fourth-order valence-electron chi connectivity index (χ4n) is 4.23. The summed E-state index contributed by atoms with van der Waals surface area (Å²) in [7, 11) is 0. The van der Waals surface area contributed by atoms with E-state index in [4.69, 9.17) is 14.8 Å². The minimum atomic E-state index is -0.327. The smallest absolute Gasteiger partial charge is 0.338 e. The molecular formula is C24H25N5O2. The largest absolute Gasteiger partial charge is 0.462 e. The Morgan fingerprint density at radius 3 is 2.65 bits per heavy atom. The van der Waals surface area contributed by atoms with E-state index < -0.39 is 0 Å². The molecule has 7 nitrogen and oxygen atoms in total. The quantitative estimate of drug-likeness (QED) is 0.486. The number of para-hydroxylation sites is 1. The van der Waals surface area contributed by atoms with Gasteiger partial charge in [0.25, 0.3) is 0 Å². The van der Waals surface area contributed by atoms with E-state index in [1.165, 1.54) is 12.8 Å². The molecule has 0 aliphatic carbocycles. The zero-order valence-corrected chi connectivity index (χ0v) is 17.8. The molecule has 1 N–H and O–H groups in total. The summed E-state index contributed by atoms with van der Waals surface area (Å²) in [6.45, 7) is 6.17. The number of fused-ring (bicyclic) bond motifs is 1. The van der Waals surface area contributed by atoms with Gasteiger partial charge in [-0.15, -0.1) is 0 Å². The summed E-state index contributed by atoms with van der Waals surface area (Å²) >= 11 is 0. The molecule has 0 unspecified atom stereocenters. The molecule has 3 heterocycles. The predicted molar refractivity (Wildman–Crippen MR) is 121 cm³/mol. The fourth-order valence-corrected chi connectivity index (χ4v) is 4.23. The molecule has 0 bridgehead atoms. The van der Waals surface area contributed by atoms with Gasteiger partial charge in [-0.25, -0.2) is 14.5 Å². The molecule has 0 saturated carbocycles. The van der Waals surface area contributed by atoms with Crippen LogP contribution in [0.5, 0.6) is 0 Å². The minimum absolute atomic E-state index is 0.327. The predicted octanol–water partition coefficient (Wildman–Crippen LogP) is 4.50. The van der Waals surface area contributed by atoms with Gasteiger partial charge in [0.2, 0.25) is 0 Å². The van der Waals surface area contributed by atoms with Gasteiger partial charge < -0.3 is 14.6 Å². The van der Waals surface area contributed by atoms with Gasteiger partial charge in [-0.1, -0.05) is 18.2 Å². The summed E-state index contributed by atoms with van der Waals surface area (Å²) in [5.74, 6) is 1.50. The fraction of sp³-hybridized carbons (Fsp3) is 0.292. The number of ether oxygens (including phenoxy) is 1. The van der Waals surface area contributed by atoms with E-state index in [9.17, 15) is 4.79 Å². The molecule has 1 saturated heterocycles. The van der Waals surface area contributed by atoms with Crippen LogP contribution < -0.4 is 4.90 Å². The molecule has 158 valence electrons. The second-order valence-electron chi connectivity index (χ2n) is 7.76. The number of anilines is 1. The highest BCUT2D eigenvalue weighted by Crippen LogP contribution is 2.37. The lowest BCUT2D eigenvalue weighted by Crippen LogP contribution is -2.22. The number of carbonyl (C=O) groups is 1. The number of nitrogens with one attached hydrogen (secondary N) is 1. The van der Waals surface area contributed by atoms with Gasteiger partial charge >= 0.3 is 5.97 Å². The molecule has 0 atom stereocenters. The normalized spacial score (nSPS) is 13.8. The first-order valence-electron chi connectivity index (χ1n) is 10.7. The van der Waals surface area contributed by atoms with Crippen molar-refractivity contribution in [2.75, 3.05) is 24.6 Å². The highest BCUT2D eigenvalue weighted by atomic mass is 16.5. The molecule has 0 amide bonds. The Kier molecular flexibility index (Phi) is 4.94. The average Bonchev–Trinajstić information content (AvgIpc) is 3.51. The first kappa shape index (κ1) is 19.4. The van der Waals surface area contributed by atoms with E-state index in [-0.39, 0.29) is 5.97 Å². The van der Waals surface area contributed by atoms with Gasteiger partial charge in [-0.3, -0.25) is 0 Å². The van der Waals surface area contributed by atoms with Crippen molar-refractivity contribution >= 4 is 22.8 Å². The van der Waals surface area contributed by atoms with Crippen LogP contribution >= 0.6 is 0 Å². The van der Waals surface area contributed by atoms with Crippen LogP contribution in [0.1, 0.15) is 35.8 Å². The number of H-pyrrole nitrogens is 1. The van der Waals surface area contributed by atoms with Gasteiger partial charge in [0.1, 0.15) is 11.6 Å². The number of aryl methyl sites for hydroxylation is 1. The van der Waals surface area contributed by atoms with Crippen molar-refractivity contribution in [3.63, 3.8) is 0 Å². The van der Waals surface area contributed by atoms with Gasteiger partial charge in [-0.2, -0.15) is 5.10 Å². The number of aromatic amines is 1. The van der Waals surface area contributed by atoms with Crippen LogP contribution in [0.2, 0.25) is 0 Å². The number of nitrogens with zero attached hydrogens (tertiary/aromatic N) is 4. The summed E-state index contributed by atoms with van der Waals surface area (Å²) in [6.07, 6.45) is 2.34. The SMILES string of the molecule is CCOC(=O)c1ccc2nc(-c3c(C)nn(-c4ccccc4)c3N3CCCC3)[nH]c2c1. The second kappa shape index (κ2) is 7.91. The number of hydrogen-bond donors (Lipinski definition) is 1. The van der Waals surface area contributed by atoms with Crippen molar-refractivity contribution in [2.45, 2.75) is 26.7 Å². The van der Waals surface area contributed by atoms with E-state index in [1.54, 1.807) is 19.1 Å². The summed E-state index contributed by atoms with van der Waals surface area (Å²) < 4.78 is 7.15. The number of carbonyl (C=O) groups excluding carboxylic acids is 1. The van der Waals surface area contributed by atoms with Crippen LogP contribution in [0.4, 0.5) is 5.82 Å². The Balaban J connectivity index is 1.65. The maximum absolute atomic E-state index is 12.1. The molecule has 0 radical (unpaired) electrons. The van der Waals surface area contributed by atoms with Crippen LogP contribution in [0.15, 0.2) is 48.5 Å². The molecule has 2 aromatic carbocycles. The van der Waals surface area contributed by atoms with Crippen molar-refractivity contribution < 1.29 is 9.53 Å². The highest BCUT2D eigenvalue weighted by molar-refractivity contribution is 5.94. The average molecular weight is 415 g/mol. The molecule has 1 aliphatic heterocycles. The number of hydrogen-bond acceptors (Lipinski definition) is 5. The Labute approximate surface area is 180 Å². The van der Waals surface area contributed by atoms with Crippen molar-refractivity contribution in [3.8, 4) is 17.1 Å². The lowest BCUT2D eigenvalue weighted by molar-refractivity contribution is 0.0526. The van der Waals surface area contributed by atoms with Crippen LogP contribution in [-0.2, 0) is 4.74 Å². The third-order valence-electron chi connectivity index (χ3n) is 5.67. The molecule has 0 spiro atoms. The molecular weight excluding hydrogens is 390 g/mol. The summed E-state index contributed by atoms with van der Waals surface area (Å²) in [6, 6.07) is 15.6. The van der Waals surface area contributed by atoms with E-state index in [0.29, 0.717) is 12.2 Å². The van der Waals surface area contributed by atoms with Gasteiger partial charge in [-0.05, 0) is 57.0 Å². The van der Waals surface area contributed by atoms with Gasteiger partial charge in [0.15, 0.2) is 0 Å². The van der Waals surface area contributed by atoms with E-state index in [2.05, 4.69) is 22.0 Å². The summed E-state index contributed by atoms with van der Waals surface area (Å²) in [5.41, 5.74) is 5.07. The molecule has 7 heteroatoms. The second-order valence-corrected chi connectivity index (χ2v) is 7.76. The van der Waals surface area contributed by atoms with Crippen LogP contribution in [0, 0.1) is 6.92 Å². The highest BCUT2D eigenvalue weighted by Gasteiger charge is 2.27. The Morgan fingerprint density at radius 2 is 1.90 bits per heavy atom. The van der Waals surface area contributed by atoms with Crippen LogP contribution in [0.3, 0.4) is 0 Å². The van der Waals surface area contributed by atoms with Crippen LogP contribution in [-0.4, -0.2) is 45.4 Å². The zero-order valence-electron chi connectivity index (χ0n) is 17.8. The monoisotopic (exact) mass is 415 g/mol. The lowest BCUT2D eigenvalue weighted by atomic mass is 10.2. The van der Waals surface area contributed by atoms with Crippen molar-refractivity contribution in [1.82, 2.24) is 19.7 Å².